The Morgan fingerprint density at radius 2 is 1.71 bits per heavy atom. The van der Waals surface area contributed by atoms with E-state index in [9.17, 15) is 18.0 Å². The first kappa shape index (κ1) is 25.5. The molecule has 1 fully saturated rings. The summed E-state index contributed by atoms with van der Waals surface area (Å²) < 4.78 is 53.5. The van der Waals surface area contributed by atoms with Gasteiger partial charge in [-0.15, -0.1) is 18.3 Å². The molecule has 3 aromatic carbocycles. The third-order valence-corrected chi connectivity index (χ3v) is 6.24. The lowest BCUT2D eigenvalue weighted by molar-refractivity contribution is -0.274. The smallest absolute Gasteiger partial charge is 0.489 e. The summed E-state index contributed by atoms with van der Waals surface area (Å²) >= 11 is 0. The minimum atomic E-state index is -4.73. The Morgan fingerprint density at radius 1 is 1.00 bits per heavy atom. The van der Waals surface area contributed by atoms with Gasteiger partial charge in [-0.25, -0.2) is 4.68 Å². The molecule has 0 atom stereocenters. The minimum absolute atomic E-state index is 0.142. The lowest BCUT2D eigenvalue weighted by Gasteiger charge is -2.22. The molecule has 4 aromatic rings. The number of aromatic nitrogens is 3. The van der Waals surface area contributed by atoms with Gasteiger partial charge in [-0.05, 0) is 78.9 Å². The van der Waals surface area contributed by atoms with Crippen LogP contribution in [0.2, 0.25) is 0 Å². The number of rotatable bonds is 8. The Kier molecular flexibility index (Phi) is 7.45. The first-order valence-electron chi connectivity index (χ1n) is 12.1. The molecular weight excluding hydrogens is 501 g/mol. The zero-order chi connectivity index (χ0) is 26.5. The zero-order valence-corrected chi connectivity index (χ0v) is 20.3. The van der Waals surface area contributed by atoms with Gasteiger partial charge in [0.15, 0.2) is 0 Å². The highest BCUT2D eigenvalue weighted by molar-refractivity contribution is 5.97. The summed E-state index contributed by atoms with van der Waals surface area (Å²) in [4.78, 5) is 12.6. The maximum Gasteiger partial charge on any atom is 0.573 e. The molecule has 0 aliphatic carbocycles. The van der Waals surface area contributed by atoms with Crippen LogP contribution in [0, 0.1) is 5.92 Å². The Bertz CT molecular complexity index is 1380. The van der Waals surface area contributed by atoms with Crippen molar-refractivity contribution >= 4 is 16.9 Å². The van der Waals surface area contributed by atoms with Crippen LogP contribution >= 0.6 is 0 Å². The van der Waals surface area contributed by atoms with E-state index in [1.54, 1.807) is 28.9 Å². The van der Waals surface area contributed by atoms with E-state index in [1.165, 1.54) is 24.3 Å². The molecule has 0 radical (unpaired) electrons. The van der Waals surface area contributed by atoms with Crippen LogP contribution in [0.3, 0.4) is 0 Å². The number of carbonyl (C=O) groups is 1. The number of hydrogen-bond acceptors (Lipinski definition) is 6. The molecule has 1 amide bonds. The van der Waals surface area contributed by atoms with Gasteiger partial charge in [-0.2, -0.15) is 0 Å². The summed E-state index contributed by atoms with van der Waals surface area (Å²) in [5.74, 6) is 0.588. The summed E-state index contributed by atoms with van der Waals surface area (Å²) in [5.41, 5.74) is 3.32. The number of nitrogens with one attached hydrogen (secondary N) is 1. The van der Waals surface area contributed by atoms with E-state index < -0.39 is 6.36 Å². The second-order valence-corrected chi connectivity index (χ2v) is 8.94. The van der Waals surface area contributed by atoms with Gasteiger partial charge in [0, 0.05) is 25.3 Å². The molecule has 0 saturated carbocycles. The quantitative estimate of drug-likeness (QED) is 0.346. The van der Waals surface area contributed by atoms with Crippen LogP contribution in [-0.4, -0.2) is 47.0 Å². The van der Waals surface area contributed by atoms with E-state index in [-0.39, 0.29) is 18.3 Å². The van der Waals surface area contributed by atoms with Crippen molar-refractivity contribution < 1.29 is 32.2 Å². The molecule has 1 aliphatic rings. The largest absolute Gasteiger partial charge is 0.573 e. The predicted octanol–water partition coefficient (Wildman–Crippen LogP) is 5.05. The molecule has 5 rings (SSSR count). The van der Waals surface area contributed by atoms with Crippen molar-refractivity contribution in [2.45, 2.75) is 25.8 Å². The van der Waals surface area contributed by atoms with Crippen molar-refractivity contribution in [1.82, 2.24) is 20.3 Å². The fraction of sp³-hybridized carbons (Fsp3) is 0.296. The molecule has 1 aromatic heterocycles. The van der Waals surface area contributed by atoms with Crippen LogP contribution in [0.4, 0.5) is 13.2 Å². The molecule has 8 nitrogen and oxygen atoms in total. The third-order valence-electron chi connectivity index (χ3n) is 6.24. The van der Waals surface area contributed by atoms with Crippen molar-refractivity contribution in [3.8, 4) is 17.2 Å². The second-order valence-electron chi connectivity index (χ2n) is 8.94. The highest BCUT2D eigenvalue weighted by atomic mass is 19.4. The van der Waals surface area contributed by atoms with Crippen LogP contribution in [0.5, 0.6) is 11.5 Å². The summed E-state index contributed by atoms with van der Waals surface area (Å²) in [7, 11) is 0. The van der Waals surface area contributed by atoms with Crippen LogP contribution in [0.1, 0.15) is 28.8 Å². The number of carbonyl (C=O) groups excluding carboxylic acids is 1. The van der Waals surface area contributed by atoms with Gasteiger partial charge in [-0.3, -0.25) is 4.79 Å². The van der Waals surface area contributed by atoms with Crippen molar-refractivity contribution in [2.24, 2.45) is 5.92 Å². The fourth-order valence-corrected chi connectivity index (χ4v) is 4.18. The Hall–Kier alpha value is -4.12. The highest BCUT2D eigenvalue weighted by Gasteiger charge is 2.31. The average Bonchev–Trinajstić information content (AvgIpc) is 3.35. The molecule has 38 heavy (non-hydrogen) atoms. The summed E-state index contributed by atoms with van der Waals surface area (Å²) in [6, 6.07) is 18.0. The maximum atomic E-state index is 12.6. The van der Waals surface area contributed by atoms with Gasteiger partial charge in [0.1, 0.15) is 23.6 Å². The molecule has 198 valence electrons. The van der Waals surface area contributed by atoms with E-state index in [4.69, 9.17) is 9.47 Å². The standard InChI is InChI=1S/C27H25F3N4O4/c28-27(29,30)38-23-6-1-19(2-7-23)17-37-22-8-4-21(5-9-22)34-25-10-3-20(15-24(25)32-33-34)26(35)31-16-18-11-13-36-14-12-18/h1-10,15,18H,11-14,16-17H2,(H,31,35). The molecular formula is C27H25F3N4O4. The maximum absolute atomic E-state index is 12.6. The zero-order valence-electron chi connectivity index (χ0n) is 20.3. The van der Waals surface area contributed by atoms with Crippen LogP contribution in [0.25, 0.3) is 16.7 Å². The molecule has 11 heteroatoms. The van der Waals surface area contributed by atoms with Crippen LogP contribution in [0.15, 0.2) is 66.7 Å². The van der Waals surface area contributed by atoms with Crippen LogP contribution in [-0.2, 0) is 11.3 Å². The first-order valence-corrected chi connectivity index (χ1v) is 12.1. The average molecular weight is 527 g/mol. The van der Waals surface area contributed by atoms with E-state index in [1.807, 2.05) is 18.2 Å². The molecule has 0 unspecified atom stereocenters. The summed E-state index contributed by atoms with van der Waals surface area (Å²) in [6.07, 6.45) is -2.83. The molecule has 0 spiro atoms. The van der Waals surface area contributed by atoms with Gasteiger partial charge in [0.25, 0.3) is 5.91 Å². The second kappa shape index (κ2) is 11.1. The van der Waals surface area contributed by atoms with E-state index in [0.717, 1.165) is 37.3 Å². The minimum Gasteiger partial charge on any atom is -0.489 e. The van der Waals surface area contributed by atoms with Crippen molar-refractivity contribution in [2.75, 3.05) is 19.8 Å². The number of ether oxygens (including phenoxy) is 3. The van der Waals surface area contributed by atoms with Gasteiger partial charge in [0.2, 0.25) is 0 Å². The van der Waals surface area contributed by atoms with Gasteiger partial charge in [-0.1, -0.05) is 17.3 Å². The number of amides is 1. The lowest BCUT2D eigenvalue weighted by atomic mass is 10.0. The topological polar surface area (TPSA) is 87.5 Å². The monoisotopic (exact) mass is 526 g/mol. The highest BCUT2D eigenvalue weighted by Crippen LogP contribution is 2.24. The van der Waals surface area contributed by atoms with Crippen molar-refractivity contribution in [1.29, 1.82) is 0 Å². The summed E-state index contributed by atoms with van der Waals surface area (Å²) in [6.45, 7) is 2.28. The Balaban J connectivity index is 1.19. The SMILES string of the molecule is O=C(NCC1CCOCC1)c1ccc2c(c1)nnn2-c1ccc(OCc2ccc(OC(F)(F)F)cc2)cc1. The van der Waals surface area contributed by atoms with E-state index in [0.29, 0.717) is 34.9 Å². The fourth-order valence-electron chi connectivity index (χ4n) is 4.18. The molecule has 0 bridgehead atoms. The molecule has 2 heterocycles. The molecule has 1 N–H and O–H groups in total. The number of nitrogens with zero attached hydrogens (tertiary/aromatic N) is 3. The van der Waals surface area contributed by atoms with Crippen LogP contribution < -0.4 is 14.8 Å². The number of benzene rings is 3. The Labute approximate surface area is 216 Å². The van der Waals surface area contributed by atoms with Crippen molar-refractivity contribution in [3.05, 3.63) is 77.9 Å². The molecule has 1 aliphatic heterocycles. The number of alkyl halides is 3. The van der Waals surface area contributed by atoms with Gasteiger partial charge >= 0.3 is 6.36 Å². The van der Waals surface area contributed by atoms with E-state index in [2.05, 4.69) is 20.4 Å². The first-order chi connectivity index (χ1) is 18.3. The van der Waals surface area contributed by atoms with Gasteiger partial charge < -0.3 is 19.5 Å². The third kappa shape index (κ3) is 6.41. The van der Waals surface area contributed by atoms with Gasteiger partial charge in [0.05, 0.1) is 11.2 Å². The molecule has 1 saturated heterocycles. The van der Waals surface area contributed by atoms with Crippen molar-refractivity contribution in [3.63, 3.8) is 0 Å². The number of fused-ring (bicyclic) bond motifs is 1. The van der Waals surface area contributed by atoms with E-state index >= 15 is 0 Å². The Morgan fingerprint density at radius 3 is 2.42 bits per heavy atom. The number of halogens is 3. The number of hydrogen-bond donors (Lipinski definition) is 1. The lowest BCUT2D eigenvalue weighted by Crippen LogP contribution is -2.32. The normalized spacial score (nSPS) is 14.4. The summed E-state index contributed by atoms with van der Waals surface area (Å²) in [5, 5.41) is 11.4. The predicted molar refractivity (Wildman–Crippen MR) is 132 cm³/mol.